The fraction of sp³-hybridized carbons (Fsp3) is 0.889. The van der Waals surface area contributed by atoms with Crippen LogP contribution in [0.4, 0.5) is 0 Å². The van der Waals surface area contributed by atoms with Crippen molar-refractivity contribution in [3.63, 3.8) is 0 Å². The Morgan fingerprint density at radius 3 is 2.50 bits per heavy atom. The summed E-state index contributed by atoms with van der Waals surface area (Å²) in [6.07, 6.45) is 2.32. The highest BCUT2D eigenvalue weighted by atomic mass is 16.5. The minimum Gasteiger partial charge on any atom is -0.479 e. The van der Waals surface area contributed by atoms with E-state index in [2.05, 4.69) is 0 Å². The van der Waals surface area contributed by atoms with Crippen molar-refractivity contribution >= 4 is 5.97 Å². The Balaban J connectivity index is 2.31. The average molecular weight is 172 g/mol. The van der Waals surface area contributed by atoms with Crippen LogP contribution in [0.25, 0.3) is 0 Å². The second-order valence-corrected chi connectivity index (χ2v) is 3.79. The standard InChI is InChI=1S/C9H16O3/c1-6(2)5-8(9(10)11)12-7-3-4-7/h6-8H,3-5H2,1-2H3,(H,10,11)/t8-/m0/s1. The van der Waals surface area contributed by atoms with Gasteiger partial charge in [0.2, 0.25) is 0 Å². The molecule has 12 heavy (non-hydrogen) atoms. The van der Waals surface area contributed by atoms with Crippen LogP contribution < -0.4 is 0 Å². The van der Waals surface area contributed by atoms with Crippen LogP contribution in [0.2, 0.25) is 0 Å². The normalized spacial score (nSPS) is 19.6. The molecule has 0 radical (unpaired) electrons. The second kappa shape index (κ2) is 3.90. The van der Waals surface area contributed by atoms with E-state index in [1.807, 2.05) is 13.8 Å². The number of ether oxygens (including phenoxy) is 1. The number of hydrogen-bond acceptors (Lipinski definition) is 2. The van der Waals surface area contributed by atoms with Gasteiger partial charge in [0.25, 0.3) is 0 Å². The lowest BCUT2D eigenvalue weighted by atomic mass is 10.1. The molecule has 0 saturated heterocycles. The predicted octanol–water partition coefficient (Wildman–Crippen LogP) is 1.66. The molecular formula is C9H16O3. The zero-order chi connectivity index (χ0) is 9.14. The number of carboxylic acids is 1. The third-order valence-corrected chi connectivity index (χ3v) is 1.84. The van der Waals surface area contributed by atoms with Crippen LogP contribution in [-0.2, 0) is 9.53 Å². The molecule has 1 aliphatic carbocycles. The van der Waals surface area contributed by atoms with Crippen molar-refractivity contribution in [3.05, 3.63) is 0 Å². The largest absolute Gasteiger partial charge is 0.479 e. The van der Waals surface area contributed by atoms with E-state index < -0.39 is 12.1 Å². The van der Waals surface area contributed by atoms with E-state index in [-0.39, 0.29) is 6.10 Å². The van der Waals surface area contributed by atoms with Gasteiger partial charge in [-0.2, -0.15) is 0 Å². The molecule has 1 saturated carbocycles. The van der Waals surface area contributed by atoms with Crippen LogP contribution in [0.1, 0.15) is 33.1 Å². The number of rotatable bonds is 5. The van der Waals surface area contributed by atoms with Gasteiger partial charge in [-0.25, -0.2) is 4.79 Å². The van der Waals surface area contributed by atoms with E-state index in [1.165, 1.54) is 0 Å². The van der Waals surface area contributed by atoms with Crippen molar-refractivity contribution in [2.45, 2.75) is 45.3 Å². The van der Waals surface area contributed by atoms with E-state index in [9.17, 15) is 4.79 Å². The Hall–Kier alpha value is -0.570. The topological polar surface area (TPSA) is 46.5 Å². The molecule has 0 bridgehead atoms. The Morgan fingerprint density at radius 1 is 1.58 bits per heavy atom. The maximum absolute atomic E-state index is 10.7. The van der Waals surface area contributed by atoms with E-state index in [1.54, 1.807) is 0 Å². The maximum Gasteiger partial charge on any atom is 0.332 e. The highest BCUT2D eigenvalue weighted by Gasteiger charge is 2.30. The van der Waals surface area contributed by atoms with Crippen LogP contribution in [0.3, 0.4) is 0 Å². The van der Waals surface area contributed by atoms with E-state index in [0.29, 0.717) is 12.3 Å². The molecule has 1 atom stereocenters. The zero-order valence-corrected chi connectivity index (χ0v) is 7.62. The van der Waals surface area contributed by atoms with Crippen molar-refractivity contribution in [1.29, 1.82) is 0 Å². The quantitative estimate of drug-likeness (QED) is 0.686. The summed E-state index contributed by atoms with van der Waals surface area (Å²) in [5.74, 6) is -0.444. The summed E-state index contributed by atoms with van der Waals surface area (Å²) in [7, 11) is 0. The fourth-order valence-corrected chi connectivity index (χ4v) is 1.08. The molecule has 0 unspecified atom stereocenters. The summed E-state index contributed by atoms with van der Waals surface area (Å²) < 4.78 is 5.33. The molecule has 0 aromatic heterocycles. The van der Waals surface area contributed by atoms with E-state index >= 15 is 0 Å². The van der Waals surface area contributed by atoms with Crippen molar-refractivity contribution in [1.82, 2.24) is 0 Å². The van der Waals surface area contributed by atoms with Gasteiger partial charge in [-0.1, -0.05) is 13.8 Å². The Bertz CT molecular complexity index is 157. The average Bonchev–Trinajstić information content (AvgIpc) is 2.68. The van der Waals surface area contributed by atoms with Crippen LogP contribution >= 0.6 is 0 Å². The van der Waals surface area contributed by atoms with Gasteiger partial charge >= 0.3 is 5.97 Å². The fourth-order valence-electron chi connectivity index (χ4n) is 1.08. The molecule has 0 spiro atoms. The second-order valence-electron chi connectivity index (χ2n) is 3.79. The zero-order valence-electron chi connectivity index (χ0n) is 7.62. The number of aliphatic carboxylic acids is 1. The van der Waals surface area contributed by atoms with Gasteiger partial charge in [-0.3, -0.25) is 0 Å². The van der Waals surface area contributed by atoms with Crippen LogP contribution in [0.15, 0.2) is 0 Å². The molecule has 1 rings (SSSR count). The monoisotopic (exact) mass is 172 g/mol. The van der Waals surface area contributed by atoms with Gasteiger partial charge in [-0.15, -0.1) is 0 Å². The van der Waals surface area contributed by atoms with Crippen molar-refractivity contribution < 1.29 is 14.6 Å². The first-order chi connectivity index (χ1) is 5.59. The van der Waals surface area contributed by atoms with Crippen LogP contribution in [-0.4, -0.2) is 23.3 Å². The Kier molecular flexibility index (Phi) is 3.09. The molecule has 1 aliphatic rings. The number of carbonyl (C=O) groups is 1. The lowest BCUT2D eigenvalue weighted by Crippen LogP contribution is -2.26. The van der Waals surface area contributed by atoms with Crippen molar-refractivity contribution in [2.24, 2.45) is 5.92 Å². The van der Waals surface area contributed by atoms with Gasteiger partial charge in [0, 0.05) is 0 Å². The van der Waals surface area contributed by atoms with Gasteiger partial charge in [-0.05, 0) is 25.2 Å². The van der Waals surface area contributed by atoms with Gasteiger partial charge in [0.05, 0.1) is 6.10 Å². The third-order valence-electron chi connectivity index (χ3n) is 1.84. The lowest BCUT2D eigenvalue weighted by molar-refractivity contribution is -0.152. The molecule has 0 heterocycles. The molecule has 0 amide bonds. The highest BCUT2D eigenvalue weighted by molar-refractivity contribution is 5.72. The van der Waals surface area contributed by atoms with Crippen molar-refractivity contribution in [3.8, 4) is 0 Å². The maximum atomic E-state index is 10.7. The Labute approximate surface area is 72.7 Å². The Morgan fingerprint density at radius 2 is 2.17 bits per heavy atom. The van der Waals surface area contributed by atoms with Gasteiger partial charge in [0.15, 0.2) is 6.10 Å². The molecule has 0 aliphatic heterocycles. The number of carboxylic acid groups (broad SMARTS) is 1. The molecule has 3 heteroatoms. The van der Waals surface area contributed by atoms with Crippen LogP contribution in [0.5, 0.6) is 0 Å². The molecule has 0 aromatic carbocycles. The van der Waals surface area contributed by atoms with Gasteiger partial charge < -0.3 is 9.84 Å². The molecule has 1 N–H and O–H groups in total. The molecule has 1 fully saturated rings. The highest BCUT2D eigenvalue weighted by Crippen LogP contribution is 2.26. The summed E-state index contributed by atoms with van der Waals surface area (Å²) in [5.41, 5.74) is 0. The first-order valence-corrected chi connectivity index (χ1v) is 4.48. The molecule has 0 aromatic rings. The van der Waals surface area contributed by atoms with E-state index in [0.717, 1.165) is 12.8 Å². The lowest BCUT2D eigenvalue weighted by Gasteiger charge is -2.14. The minimum absolute atomic E-state index is 0.227. The van der Waals surface area contributed by atoms with E-state index in [4.69, 9.17) is 9.84 Å². The first-order valence-electron chi connectivity index (χ1n) is 4.48. The molecule has 70 valence electrons. The third kappa shape index (κ3) is 3.22. The smallest absolute Gasteiger partial charge is 0.332 e. The molecule has 3 nitrogen and oxygen atoms in total. The number of hydrogen-bond donors (Lipinski definition) is 1. The first kappa shape index (κ1) is 9.52. The summed E-state index contributed by atoms with van der Waals surface area (Å²) in [4.78, 5) is 10.7. The van der Waals surface area contributed by atoms with Gasteiger partial charge in [0.1, 0.15) is 0 Å². The summed E-state index contributed by atoms with van der Waals surface area (Å²) >= 11 is 0. The van der Waals surface area contributed by atoms with Crippen LogP contribution in [0, 0.1) is 5.92 Å². The molecular weight excluding hydrogens is 156 g/mol. The predicted molar refractivity (Wildman–Crippen MR) is 45.0 cm³/mol. The summed E-state index contributed by atoms with van der Waals surface area (Å²) in [6.45, 7) is 4.01. The van der Waals surface area contributed by atoms with Crippen molar-refractivity contribution in [2.75, 3.05) is 0 Å². The summed E-state index contributed by atoms with van der Waals surface area (Å²) in [6, 6.07) is 0. The SMILES string of the molecule is CC(C)C[C@H](OC1CC1)C(=O)O. The minimum atomic E-state index is -0.824. The summed E-state index contributed by atoms with van der Waals surface area (Å²) in [5, 5.41) is 8.77.